The molecule has 1 atom stereocenters. The average Bonchev–Trinajstić information content (AvgIpc) is 3.07. The lowest BCUT2D eigenvalue weighted by Crippen LogP contribution is -2.30. The van der Waals surface area contributed by atoms with Crippen LogP contribution in [-0.4, -0.2) is 29.2 Å². The van der Waals surface area contributed by atoms with E-state index in [4.69, 9.17) is 10.00 Å². The third-order valence-electron chi connectivity index (χ3n) is 3.29. The van der Waals surface area contributed by atoms with Crippen LogP contribution in [0, 0.1) is 21.4 Å². The Kier molecular flexibility index (Phi) is 6.32. The normalized spacial score (nSPS) is 11.3. The molecule has 0 unspecified atom stereocenters. The number of amides is 1. The number of benzene rings is 1. The Bertz CT molecular complexity index is 904. The quantitative estimate of drug-likeness (QED) is 0.346. The molecule has 10 heteroatoms. The highest BCUT2D eigenvalue weighted by molar-refractivity contribution is 7.98. The summed E-state index contributed by atoms with van der Waals surface area (Å²) < 4.78 is 5.07. The maximum atomic E-state index is 12.2. The molecule has 134 valence electrons. The van der Waals surface area contributed by atoms with Crippen LogP contribution in [-0.2, 0) is 9.53 Å². The summed E-state index contributed by atoms with van der Waals surface area (Å²) in [6.45, 7) is 1.37. The fourth-order valence-electron chi connectivity index (χ4n) is 1.95. The van der Waals surface area contributed by atoms with Crippen LogP contribution < -0.4 is 5.32 Å². The van der Waals surface area contributed by atoms with E-state index in [-0.39, 0.29) is 11.3 Å². The second kappa shape index (κ2) is 8.46. The zero-order valence-corrected chi connectivity index (χ0v) is 15.3. The molecule has 0 aliphatic heterocycles. The number of nitrogens with one attached hydrogen (secondary N) is 1. The molecule has 1 N–H and O–H groups in total. The van der Waals surface area contributed by atoms with Gasteiger partial charge >= 0.3 is 5.97 Å². The van der Waals surface area contributed by atoms with E-state index in [0.29, 0.717) is 15.5 Å². The summed E-state index contributed by atoms with van der Waals surface area (Å²) in [4.78, 5) is 35.2. The van der Waals surface area contributed by atoms with Gasteiger partial charge in [-0.2, -0.15) is 5.26 Å². The van der Waals surface area contributed by atoms with Gasteiger partial charge in [0, 0.05) is 6.07 Å². The fourth-order valence-corrected chi connectivity index (χ4v) is 3.24. The Hall–Kier alpha value is -2.90. The molecular formula is C16H13N3O5S2. The molecule has 2 aromatic rings. The molecule has 0 aliphatic carbocycles. The van der Waals surface area contributed by atoms with Gasteiger partial charge in [-0.05, 0) is 36.8 Å². The van der Waals surface area contributed by atoms with Crippen molar-refractivity contribution in [3.8, 4) is 6.07 Å². The maximum absolute atomic E-state index is 12.2. The average molecular weight is 391 g/mol. The molecule has 8 nitrogen and oxygen atoms in total. The zero-order valence-electron chi connectivity index (χ0n) is 13.7. The van der Waals surface area contributed by atoms with Gasteiger partial charge in [0.25, 0.3) is 11.6 Å². The molecule has 0 radical (unpaired) electrons. The summed E-state index contributed by atoms with van der Waals surface area (Å²) in [7, 11) is 0. The van der Waals surface area contributed by atoms with Crippen LogP contribution >= 0.6 is 23.1 Å². The van der Waals surface area contributed by atoms with E-state index in [1.165, 1.54) is 42.2 Å². The minimum absolute atomic E-state index is 0.0250. The van der Waals surface area contributed by atoms with Crippen LogP contribution in [0.3, 0.4) is 0 Å². The van der Waals surface area contributed by atoms with E-state index >= 15 is 0 Å². The summed E-state index contributed by atoms with van der Waals surface area (Å²) in [5, 5.41) is 24.5. The second-order valence-corrected chi connectivity index (χ2v) is 6.72. The van der Waals surface area contributed by atoms with Gasteiger partial charge in [-0.3, -0.25) is 14.9 Å². The van der Waals surface area contributed by atoms with Crippen LogP contribution in [0.2, 0.25) is 0 Å². The molecule has 1 amide bonds. The molecule has 0 spiro atoms. The number of thioether (sulfide) groups is 1. The number of carbonyl (C=O) groups is 2. The van der Waals surface area contributed by atoms with Crippen molar-refractivity contribution < 1.29 is 19.2 Å². The topological polar surface area (TPSA) is 122 Å². The first-order valence-electron chi connectivity index (χ1n) is 7.19. The minimum Gasteiger partial charge on any atom is -0.449 e. The van der Waals surface area contributed by atoms with E-state index in [0.717, 1.165) is 6.07 Å². The number of nitriles is 1. The van der Waals surface area contributed by atoms with Crippen molar-refractivity contribution in [1.29, 1.82) is 5.26 Å². The predicted molar refractivity (Wildman–Crippen MR) is 97.4 cm³/mol. The Morgan fingerprint density at radius 1 is 1.42 bits per heavy atom. The van der Waals surface area contributed by atoms with Crippen LogP contribution in [0.5, 0.6) is 0 Å². The lowest BCUT2D eigenvalue weighted by molar-refractivity contribution is -0.387. The van der Waals surface area contributed by atoms with Crippen molar-refractivity contribution in [3.05, 3.63) is 50.9 Å². The van der Waals surface area contributed by atoms with Crippen molar-refractivity contribution in [2.45, 2.75) is 17.9 Å². The largest absolute Gasteiger partial charge is 0.449 e. The smallest absolute Gasteiger partial charge is 0.339 e. The minimum atomic E-state index is -1.14. The van der Waals surface area contributed by atoms with Crippen LogP contribution in [0.4, 0.5) is 10.7 Å². The maximum Gasteiger partial charge on any atom is 0.339 e. The van der Waals surface area contributed by atoms with Gasteiger partial charge in [0.15, 0.2) is 6.10 Å². The van der Waals surface area contributed by atoms with Crippen molar-refractivity contribution >= 4 is 45.7 Å². The molecule has 0 saturated heterocycles. The number of thiophene rings is 1. The van der Waals surface area contributed by atoms with E-state index in [1.807, 2.05) is 6.07 Å². The van der Waals surface area contributed by atoms with Crippen molar-refractivity contribution in [3.63, 3.8) is 0 Å². The highest BCUT2D eigenvalue weighted by atomic mass is 32.2. The first kappa shape index (κ1) is 19.4. The molecule has 26 heavy (non-hydrogen) atoms. The number of esters is 1. The predicted octanol–water partition coefficient (Wildman–Crippen LogP) is 3.43. The first-order valence-corrected chi connectivity index (χ1v) is 9.29. The summed E-state index contributed by atoms with van der Waals surface area (Å²) in [6.07, 6.45) is 0.544. The molecule has 1 aromatic heterocycles. The zero-order chi connectivity index (χ0) is 19.3. The van der Waals surface area contributed by atoms with Crippen molar-refractivity contribution in [1.82, 2.24) is 0 Å². The molecule has 0 aliphatic rings. The van der Waals surface area contributed by atoms with Gasteiger partial charge < -0.3 is 10.1 Å². The molecule has 1 aromatic carbocycles. The van der Waals surface area contributed by atoms with Gasteiger partial charge in [0.05, 0.1) is 20.9 Å². The standard InChI is InChI=1S/C16H13N3O5S2/c1-9(14(20)18-15-11(8-17)5-6-26-15)24-16(21)10-3-4-13(25-2)12(7-10)19(22)23/h3-7,9H,1-2H3,(H,18,20)/t9-/m1/s1. The molecule has 0 fully saturated rings. The van der Waals surface area contributed by atoms with Gasteiger partial charge in [0.1, 0.15) is 11.1 Å². The molecule has 0 saturated carbocycles. The van der Waals surface area contributed by atoms with Crippen molar-refractivity contribution in [2.24, 2.45) is 0 Å². The van der Waals surface area contributed by atoms with Gasteiger partial charge in [0.2, 0.25) is 0 Å². The van der Waals surface area contributed by atoms with E-state index in [2.05, 4.69) is 5.32 Å². The van der Waals surface area contributed by atoms with E-state index in [1.54, 1.807) is 17.7 Å². The summed E-state index contributed by atoms with van der Waals surface area (Å²) in [5.74, 6) is -1.46. The first-order chi connectivity index (χ1) is 12.4. The fraction of sp³-hybridized carbons (Fsp3) is 0.188. The van der Waals surface area contributed by atoms with Crippen molar-refractivity contribution in [2.75, 3.05) is 11.6 Å². The number of nitro benzene ring substituents is 1. The molecule has 1 heterocycles. The number of hydrogen-bond donors (Lipinski definition) is 1. The third-order valence-corrected chi connectivity index (χ3v) is 4.90. The van der Waals surface area contributed by atoms with Crippen LogP contribution in [0.25, 0.3) is 0 Å². The number of rotatable bonds is 6. The van der Waals surface area contributed by atoms with Crippen LogP contribution in [0.15, 0.2) is 34.5 Å². The van der Waals surface area contributed by atoms with Gasteiger partial charge in [-0.1, -0.05) is 0 Å². The highest BCUT2D eigenvalue weighted by Gasteiger charge is 2.23. The lowest BCUT2D eigenvalue weighted by atomic mass is 10.2. The molecule has 0 bridgehead atoms. The van der Waals surface area contributed by atoms with Crippen LogP contribution in [0.1, 0.15) is 22.8 Å². The summed E-state index contributed by atoms with van der Waals surface area (Å²) in [6, 6.07) is 7.47. The Labute approximate surface area is 156 Å². The van der Waals surface area contributed by atoms with Gasteiger partial charge in [-0.25, -0.2) is 4.79 Å². The van der Waals surface area contributed by atoms with E-state index in [9.17, 15) is 19.7 Å². The third kappa shape index (κ3) is 4.38. The number of anilines is 1. The number of nitrogens with zero attached hydrogens (tertiary/aromatic N) is 2. The SMILES string of the molecule is CSc1ccc(C(=O)O[C@H](C)C(=O)Nc2sccc2C#N)cc1[N+](=O)[O-]. The molecule has 2 rings (SSSR count). The number of ether oxygens (including phenoxy) is 1. The van der Waals surface area contributed by atoms with E-state index < -0.39 is 22.9 Å². The monoisotopic (exact) mass is 391 g/mol. The van der Waals surface area contributed by atoms with Gasteiger partial charge in [-0.15, -0.1) is 23.1 Å². The Morgan fingerprint density at radius 2 is 2.15 bits per heavy atom. The Morgan fingerprint density at radius 3 is 2.77 bits per heavy atom. The Balaban J connectivity index is 2.09. The molecular weight excluding hydrogens is 378 g/mol. The number of carbonyl (C=O) groups excluding carboxylic acids is 2. The second-order valence-electron chi connectivity index (χ2n) is 4.96. The summed E-state index contributed by atoms with van der Waals surface area (Å²) in [5.41, 5.74) is 0.0782. The lowest BCUT2D eigenvalue weighted by Gasteiger charge is -2.13. The summed E-state index contributed by atoms with van der Waals surface area (Å²) >= 11 is 2.36. The highest BCUT2D eigenvalue weighted by Crippen LogP contribution is 2.28. The number of nitro groups is 1. The number of hydrogen-bond acceptors (Lipinski definition) is 8.